The minimum Gasteiger partial charge on any atom is -0.314 e. The number of nitrogens with one attached hydrogen (secondary N) is 1. The van der Waals surface area contributed by atoms with Crippen LogP contribution in [0.15, 0.2) is 24.3 Å². The highest BCUT2D eigenvalue weighted by atomic mass is 35.5. The molecule has 1 saturated heterocycles. The summed E-state index contributed by atoms with van der Waals surface area (Å²) in [6, 6.07) is 4.01. The lowest BCUT2D eigenvalue weighted by molar-refractivity contribution is 0.172. The first-order valence-corrected chi connectivity index (χ1v) is 7.24. The SMILES string of the molecule is C=C(C)C[C@H](c1ccc(Cl)nc1Cl)N1CCNCC1.Cl.Cl. The Bertz CT molecular complexity index is 462. The number of aromatic nitrogens is 1. The molecule has 0 aliphatic carbocycles. The van der Waals surface area contributed by atoms with Gasteiger partial charge in [0.05, 0.1) is 0 Å². The number of piperazine rings is 1. The molecule has 1 fully saturated rings. The van der Waals surface area contributed by atoms with Crippen molar-refractivity contribution in [3.05, 3.63) is 40.2 Å². The van der Waals surface area contributed by atoms with Crippen LogP contribution < -0.4 is 5.32 Å². The van der Waals surface area contributed by atoms with Crippen LogP contribution in [0.3, 0.4) is 0 Å². The van der Waals surface area contributed by atoms with Gasteiger partial charge < -0.3 is 5.32 Å². The molecule has 1 N–H and O–H groups in total. The monoisotopic (exact) mass is 371 g/mol. The van der Waals surface area contributed by atoms with E-state index in [2.05, 4.69) is 21.8 Å². The predicted octanol–water partition coefficient (Wildman–Crippen LogP) is 4.14. The largest absolute Gasteiger partial charge is 0.314 e. The molecular weight excluding hydrogens is 352 g/mol. The molecule has 120 valence electrons. The second-order valence-corrected chi connectivity index (χ2v) is 5.72. The van der Waals surface area contributed by atoms with E-state index in [1.54, 1.807) is 6.07 Å². The van der Waals surface area contributed by atoms with Crippen LogP contribution >= 0.6 is 48.0 Å². The van der Waals surface area contributed by atoms with E-state index in [0.717, 1.165) is 43.7 Å². The maximum absolute atomic E-state index is 6.26. The Balaban J connectivity index is 0.00000200. The molecule has 3 nitrogen and oxygen atoms in total. The van der Waals surface area contributed by atoms with Crippen LogP contribution in [0.25, 0.3) is 0 Å². The van der Waals surface area contributed by atoms with Crippen molar-refractivity contribution < 1.29 is 0 Å². The van der Waals surface area contributed by atoms with E-state index >= 15 is 0 Å². The summed E-state index contributed by atoms with van der Waals surface area (Å²) in [5, 5.41) is 4.30. The van der Waals surface area contributed by atoms with Crippen LogP contribution in [0, 0.1) is 0 Å². The maximum atomic E-state index is 6.26. The molecule has 1 aromatic rings. The molecular formula is C14H21Cl4N3. The van der Waals surface area contributed by atoms with Crippen LogP contribution in [-0.2, 0) is 0 Å². The number of hydrogen-bond acceptors (Lipinski definition) is 3. The molecule has 0 bridgehead atoms. The average molecular weight is 373 g/mol. The lowest BCUT2D eigenvalue weighted by atomic mass is 9.99. The Hall–Kier alpha value is -0.0300. The van der Waals surface area contributed by atoms with Gasteiger partial charge in [-0.1, -0.05) is 34.8 Å². The summed E-state index contributed by atoms with van der Waals surface area (Å²) in [5.41, 5.74) is 2.19. The van der Waals surface area contributed by atoms with Gasteiger partial charge in [-0.3, -0.25) is 4.90 Å². The fraction of sp³-hybridized carbons (Fsp3) is 0.500. The Kier molecular flexibility index (Phi) is 9.87. The highest BCUT2D eigenvalue weighted by Crippen LogP contribution is 2.32. The fourth-order valence-electron chi connectivity index (χ4n) is 2.43. The molecule has 1 aliphatic rings. The molecule has 0 spiro atoms. The van der Waals surface area contributed by atoms with Crippen LogP contribution in [0.1, 0.15) is 24.9 Å². The molecule has 2 rings (SSSR count). The normalized spacial score (nSPS) is 16.5. The van der Waals surface area contributed by atoms with Crippen molar-refractivity contribution in [2.24, 2.45) is 0 Å². The van der Waals surface area contributed by atoms with E-state index in [-0.39, 0.29) is 30.9 Å². The Morgan fingerprint density at radius 3 is 2.48 bits per heavy atom. The lowest BCUT2D eigenvalue weighted by Crippen LogP contribution is -2.45. The van der Waals surface area contributed by atoms with Gasteiger partial charge in [-0.05, 0) is 19.4 Å². The van der Waals surface area contributed by atoms with Gasteiger partial charge in [0.25, 0.3) is 0 Å². The summed E-state index contributed by atoms with van der Waals surface area (Å²) < 4.78 is 0. The van der Waals surface area contributed by atoms with Crippen molar-refractivity contribution in [1.82, 2.24) is 15.2 Å². The van der Waals surface area contributed by atoms with Crippen molar-refractivity contribution in [2.45, 2.75) is 19.4 Å². The van der Waals surface area contributed by atoms with Gasteiger partial charge in [0, 0.05) is 37.8 Å². The van der Waals surface area contributed by atoms with Crippen LogP contribution in [-0.4, -0.2) is 36.1 Å². The summed E-state index contributed by atoms with van der Waals surface area (Å²) in [5.74, 6) is 0. The Labute approximate surface area is 148 Å². The standard InChI is InChI=1S/C14H19Cl2N3.2ClH/c1-10(2)9-12(19-7-5-17-6-8-19)11-3-4-13(15)18-14(11)16;;/h3-4,12,17H,1,5-9H2,2H3;2*1H/t12-;;/m1../s1. The van der Waals surface area contributed by atoms with Crippen LogP contribution in [0.2, 0.25) is 10.3 Å². The van der Waals surface area contributed by atoms with Gasteiger partial charge in [0.1, 0.15) is 10.3 Å². The van der Waals surface area contributed by atoms with Crippen molar-refractivity contribution in [3.8, 4) is 0 Å². The first-order valence-electron chi connectivity index (χ1n) is 6.49. The molecule has 1 aromatic heterocycles. The Morgan fingerprint density at radius 2 is 1.95 bits per heavy atom. The van der Waals surface area contributed by atoms with Gasteiger partial charge in [0.15, 0.2) is 0 Å². The maximum Gasteiger partial charge on any atom is 0.135 e. The minimum absolute atomic E-state index is 0. The smallest absolute Gasteiger partial charge is 0.135 e. The summed E-state index contributed by atoms with van der Waals surface area (Å²) >= 11 is 12.1. The number of hydrogen-bond donors (Lipinski definition) is 1. The summed E-state index contributed by atoms with van der Waals surface area (Å²) in [6.07, 6.45) is 0.892. The highest BCUT2D eigenvalue weighted by molar-refractivity contribution is 6.32. The Morgan fingerprint density at radius 1 is 1.33 bits per heavy atom. The van der Waals surface area contributed by atoms with Crippen molar-refractivity contribution in [1.29, 1.82) is 0 Å². The molecule has 21 heavy (non-hydrogen) atoms. The summed E-state index contributed by atoms with van der Waals surface area (Å²) in [7, 11) is 0. The zero-order chi connectivity index (χ0) is 13.8. The third-order valence-corrected chi connectivity index (χ3v) is 3.85. The van der Waals surface area contributed by atoms with Gasteiger partial charge in [-0.25, -0.2) is 4.98 Å². The van der Waals surface area contributed by atoms with Gasteiger partial charge >= 0.3 is 0 Å². The van der Waals surface area contributed by atoms with E-state index in [0.29, 0.717) is 10.3 Å². The van der Waals surface area contributed by atoms with Crippen LogP contribution in [0.4, 0.5) is 0 Å². The van der Waals surface area contributed by atoms with Crippen molar-refractivity contribution >= 4 is 48.0 Å². The van der Waals surface area contributed by atoms with Crippen molar-refractivity contribution in [3.63, 3.8) is 0 Å². The number of halogens is 4. The highest BCUT2D eigenvalue weighted by Gasteiger charge is 2.24. The quantitative estimate of drug-likeness (QED) is 0.635. The molecule has 0 radical (unpaired) electrons. The number of rotatable bonds is 4. The number of nitrogens with zero attached hydrogens (tertiary/aromatic N) is 2. The van der Waals surface area contributed by atoms with Gasteiger partial charge in [-0.2, -0.15) is 0 Å². The van der Waals surface area contributed by atoms with Crippen LogP contribution in [0.5, 0.6) is 0 Å². The first kappa shape index (κ1) is 21.0. The first-order chi connectivity index (χ1) is 9.08. The van der Waals surface area contributed by atoms with Gasteiger partial charge in [-0.15, -0.1) is 31.4 Å². The topological polar surface area (TPSA) is 28.2 Å². The molecule has 0 unspecified atom stereocenters. The summed E-state index contributed by atoms with van der Waals surface area (Å²) in [4.78, 5) is 6.59. The molecule has 0 aromatic carbocycles. The second-order valence-electron chi connectivity index (χ2n) is 4.98. The van der Waals surface area contributed by atoms with E-state index in [9.17, 15) is 0 Å². The molecule has 7 heteroatoms. The molecule has 0 saturated carbocycles. The van der Waals surface area contributed by atoms with E-state index < -0.39 is 0 Å². The van der Waals surface area contributed by atoms with E-state index in [1.807, 2.05) is 13.0 Å². The predicted molar refractivity (Wildman–Crippen MR) is 95.4 cm³/mol. The molecule has 0 amide bonds. The lowest BCUT2D eigenvalue weighted by Gasteiger charge is -2.35. The third kappa shape index (κ3) is 5.93. The molecule has 1 aliphatic heterocycles. The second kappa shape index (κ2) is 9.88. The van der Waals surface area contributed by atoms with E-state index in [4.69, 9.17) is 23.2 Å². The summed E-state index contributed by atoms with van der Waals surface area (Å²) in [6.45, 7) is 10.1. The fourth-order valence-corrected chi connectivity index (χ4v) is 2.90. The number of pyridine rings is 1. The zero-order valence-corrected chi connectivity index (χ0v) is 15.1. The minimum atomic E-state index is 0. The van der Waals surface area contributed by atoms with E-state index in [1.165, 1.54) is 0 Å². The van der Waals surface area contributed by atoms with Gasteiger partial charge in [0.2, 0.25) is 0 Å². The molecule has 1 atom stereocenters. The average Bonchev–Trinajstić information content (AvgIpc) is 2.37. The molecule has 2 heterocycles. The zero-order valence-electron chi connectivity index (χ0n) is 11.9. The third-order valence-electron chi connectivity index (χ3n) is 3.34. The van der Waals surface area contributed by atoms with Crippen molar-refractivity contribution in [2.75, 3.05) is 26.2 Å².